The number of nitrogens with one attached hydrogen (secondary N) is 1. The Morgan fingerprint density at radius 3 is 2.86 bits per heavy atom. The average Bonchev–Trinajstić information content (AvgIpc) is 3.31. The molecule has 21 heavy (non-hydrogen) atoms. The summed E-state index contributed by atoms with van der Waals surface area (Å²) >= 11 is 3.59. The van der Waals surface area contributed by atoms with Crippen molar-refractivity contribution in [2.45, 2.75) is 51.6 Å². The van der Waals surface area contributed by atoms with Gasteiger partial charge in [-0.2, -0.15) is 5.26 Å². The van der Waals surface area contributed by atoms with Crippen LogP contribution in [0.5, 0.6) is 0 Å². The maximum Gasteiger partial charge on any atom is 0.0640 e. The normalized spacial score (nSPS) is 15.5. The molecule has 1 aromatic carbocycles. The highest BCUT2D eigenvalue weighted by molar-refractivity contribution is 9.10. The van der Waals surface area contributed by atoms with Crippen LogP contribution in [0.2, 0.25) is 0 Å². The minimum atomic E-state index is 0.320. The molecule has 1 N–H and O–H groups in total. The van der Waals surface area contributed by atoms with Crippen LogP contribution in [0, 0.1) is 11.3 Å². The Morgan fingerprint density at radius 1 is 1.48 bits per heavy atom. The highest BCUT2D eigenvalue weighted by Gasteiger charge is 2.30. The highest BCUT2D eigenvalue weighted by Crippen LogP contribution is 2.37. The lowest BCUT2D eigenvalue weighted by Gasteiger charge is -2.29. The Labute approximate surface area is 136 Å². The molecule has 0 aromatic heterocycles. The number of hydrogen-bond acceptors (Lipinski definition) is 3. The number of benzene rings is 1. The van der Waals surface area contributed by atoms with Crippen LogP contribution in [-0.2, 0) is 0 Å². The van der Waals surface area contributed by atoms with Crippen molar-refractivity contribution in [2.75, 3.05) is 18.0 Å². The zero-order chi connectivity index (χ0) is 15.2. The number of rotatable bonds is 8. The van der Waals surface area contributed by atoms with E-state index in [0.29, 0.717) is 18.5 Å². The molecule has 0 amide bonds. The van der Waals surface area contributed by atoms with E-state index in [2.05, 4.69) is 64.3 Å². The summed E-state index contributed by atoms with van der Waals surface area (Å²) in [4.78, 5) is 2.43. The first-order valence-corrected chi connectivity index (χ1v) is 8.63. The van der Waals surface area contributed by atoms with Crippen LogP contribution in [0.4, 0.5) is 5.69 Å². The van der Waals surface area contributed by atoms with Crippen LogP contribution < -0.4 is 10.2 Å². The first-order valence-electron chi connectivity index (χ1n) is 7.83. The van der Waals surface area contributed by atoms with Gasteiger partial charge in [0, 0.05) is 28.8 Å². The van der Waals surface area contributed by atoms with Gasteiger partial charge in [0.2, 0.25) is 0 Å². The lowest BCUT2D eigenvalue weighted by Crippen LogP contribution is -2.29. The van der Waals surface area contributed by atoms with Gasteiger partial charge in [-0.05, 0) is 56.5 Å². The number of anilines is 1. The molecule has 0 aliphatic heterocycles. The number of hydrogen-bond donors (Lipinski definition) is 1. The predicted octanol–water partition coefficient (Wildman–Crippen LogP) is 4.39. The smallest absolute Gasteiger partial charge is 0.0640 e. The first kappa shape index (κ1) is 16.3. The van der Waals surface area contributed by atoms with E-state index in [4.69, 9.17) is 5.26 Å². The third-order valence-corrected chi connectivity index (χ3v) is 4.41. The second-order valence-corrected chi connectivity index (χ2v) is 6.63. The first-order chi connectivity index (χ1) is 10.2. The van der Waals surface area contributed by atoms with Crippen molar-refractivity contribution in [2.24, 2.45) is 0 Å². The Kier molecular flexibility index (Phi) is 6.08. The fourth-order valence-corrected chi connectivity index (χ4v) is 3.04. The molecule has 1 atom stereocenters. The fraction of sp³-hybridized carbons (Fsp3) is 0.588. The zero-order valence-corrected chi connectivity index (χ0v) is 14.5. The number of nitriles is 1. The van der Waals surface area contributed by atoms with E-state index in [1.807, 2.05) is 0 Å². The van der Waals surface area contributed by atoms with E-state index in [0.717, 1.165) is 24.0 Å². The Hall–Kier alpha value is -1.05. The second-order valence-electron chi connectivity index (χ2n) is 5.71. The van der Waals surface area contributed by atoms with E-state index in [1.54, 1.807) is 0 Å². The van der Waals surface area contributed by atoms with Crippen LogP contribution in [0.15, 0.2) is 22.7 Å². The second kappa shape index (κ2) is 7.82. The van der Waals surface area contributed by atoms with Crippen molar-refractivity contribution in [1.29, 1.82) is 5.26 Å². The molecule has 1 unspecified atom stereocenters. The molecule has 1 aromatic rings. The Bertz CT molecular complexity index is 505. The van der Waals surface area contributed by atoms with Gasteiger partial charge < -0.3 is 10.2 Å². The van der Waals surface area contributed by atoms with Crippen LogP contribution in [0.25, 0.3) is 0 Å². The van der Waals surface area contributed by atoms with Gasteiger partial charge in [-0.15, -0.1) is 0 Å². The SMILES string of the molecule is CCCNC(C)c1cc(Br)ccc1N(CCC#N)C1CC1. The van der Waals surface area contributed by atoms with Gasteiger partial charge in [-0.1, -0.05) is 22.9 Å². The maximum atomic E-state index is 8.91. The summed E-state index contributed by atoms with van der Waals surface area (Å²) in [5, 5.41) is 12.5. The molecular formula is C17H24BrN3. The molecule has 1 aliphatic carbocycles. The number of nitrogens with zero attached hydrogens (tertiary/aromatic N) is 2. The van der Waals surface area contributed by atoms with E-state index in [1.165, 1.54) is 24.1 Å². The van der Waals surface area contributed by atoms with Crippen molar-refractivity contribution in [3.8, 4) is 6.07 Å². The molecule has 1 saturated carbocycles. The average molecular weight is 350 g/mol. The van der Waals surface area contributed by atoms with Crippen molar-refractivity contribution in [1.82, 2.24) is 5.32 Å². The molecule has 4 heteroatoms. The van der Waals surface area contributed by atoms with Gasteiger partial charge in [-0.3, -0.25) is 0 Å². The standard InChI is InChI=1S/C17H24BrN3/c1-3-10-20-13(2)16-12-14(18)5-8-17(16)21(11-4-9-19)15-6-7-15/h5,8,12-13,15,20H,3-4,6-7,10-11H2,1-2H3. The molecule has 0 heterocycles. The number of halogens is 1. The third-order valence-electron chi connectivity index (χ3n) is 3.92. The molecule has 2 rings (SSSR count). The molecule has 114 valence electrons. The Morgan fingerprint density at radius 2 is 2.24 bits per heavy atom. The van der Waals surface area contributed by atoms with Crippen molar-refractivity contribution >= 4 is 21.6 Å². The minimum Gasteiger partial charge on any atom is -0.367 e. The highest BCUT2D eigenvalue weighted by atomic mass is 79.9. The van der Waals surface area contributed by atoms with Crippen molar-refractivity contribution in [3.05, 3.63) is 28.2 Å². The molecule has 0 bridgehead atoms. The minimum absolute atomic E-state index is 0.320. The van der Waals surface area contributed by atoms with Gasteiger partial charge in [0.05, 0.1) is 12.5 Å². The quantitative estimate of drug-likeness (QED) is 0.756. The van der Waals surface area contributed by atoms with Gasteiger partial charge in [-0.25, -0.2) is 0 Å². The summed E-state index contributed by atoms with van der Waals surface area (Å²) in [6.07, 6.45) is 4.21. The van der Waals surface area contributed by atoms with Crippen LogP contribution in [-0.4, -0.2) is 19.1 Å². The van der Waals surface area contributed by atoms with E-state index in [-0.39, 0.29) is 0 Å². The molecule has 1 aliphatic rings. The third kappa shape index (κ3) is 4.46. The molecule has 0 saturated heterocycles. The summed E-state index contributed by atoms with van der Waals surface area (Å²) in [5.74, 6) is 0. The van der Waals surface area contributed by atoms with Crippen molar-refractivity contribution < 1.29 is 0 Å². The lowest BCUT2D eigenvalue weighted by molar-refractivity contribution is 0.568. The van der Waals surface area contributed by atoms with E-state index >= 15 is 0 Å². The van der Waals surface area contributed by atoms with Crippen LogP contribution >= 0.6 is 15.9 Å². The van der Waals surface area contributed by atoms with Crippen LogP contribution in [0.3, 0.4) is 0 Å². The molecule has 1 fully saturated rings. The maximum absolute atomic E-state index is 8.91. The topological polar surface area (TPSA) is 39.1 Å². The van der Waals surface area contributed by atoms with Gasteiger partial charge in [0.1, 0.15) is 0 Å². The van der Waals surface area contributed by atoms with Crippen LogP contribution in [0.1, 0.15) is 51.1 Å². The van der Waals surface area contributed by atoms with Gasteiger partial charge in [0.15, 0.2) is 0 Å². The van der Waals surface area contributed by atoms with E-state index in [9.17, 15) is 0 Å². The van der Waals surface area contributed by atoms with E-state index < -0.39 is 0 Å². The molecular weight excluding hydrogens is 326 g/mol. The fourth-order valence-electron chi connectivity index (χ4n) is 2.66. The van der Waals surface area contributed by atoms with Gasteiger partial charge in [0.25, 0.3) is 0 Å². The predicted molar refractivity (Wildman–Crippen MR) is 91.4 cm³/mol. The monoisotopic (exact) mass is 349 g/mol. The summed E-state index contributed by atoms with van der Waals surface area (Å²) in [5.41, 5.74) is 2.61. The summed E-state index contributed by atoms with van der Waals surface area (Å²) in [7, 11) is 0. The Balaban J connectivity index is 2.25. The molecule has 3 nitrogen and oxygen atoms in total. The van der Waals surface area contributed by atoms with Gasteiger partial charge >= 0.3 is 0 Å². The lowest BCUT2D eigenvalue weighted by atomic mass is 10.0. The summed E-state index contributed by atoms with van der Waals surface area (Å²) in [6, 6.07) is 9.73. The van der Waals surface area contributed by atoms with Crippen molar-refractivity contribution in [3.63, 3.8) is 0 Å². The summed E-state index contributed by atoms with van der Waals surface area (Å²) < 4.78 is 1.11. The molecule has 0 radical (unpaired) electrons. The summed E-state index contributed by atoms with van der Waals surface area (Å²) in [6.45, 7) is 6.26. The largest absolute Gasteiger partial charge is 0.367 e. The zero-order valence-electron chi connectivity index (χ0n) is 12.9. The molecule has 0 spiro atoms.